The highest BCUT2D eigenvalue weighted by Gasteiger charge is 2.09. The molecule has 0 aliphatic heterocycles. The van der Waals surface area contributed by atoms with Gasteiger partial charge in [-0.3, -0.25) is 4.84 Å². The van der Waals surface area contributed by atoms with Crippen LogP contribution in [0.2, 0.25) is 10.0 Å². The lowest BCUT2D eigenvalue weighted by molar-refractivity contribution is -0.169. The number of hydrogen-bond acceptors (Lipinski definition) is 3. The van der Waals surface area contributed by atoms with Gasteiger partial charge in [-0.05, 0) is 42.3 Å². The molecule has 0 spiro atoms. The summed E-state index contributed by atoms with van der Waals surface area (Å²) in [6.07, 6.45) is 0. The normalized spacial score (nSPS) is 11.0. The van der Waals surface area contributed by atoms with E-state index in [4.69, 9.17) is 32.8 Å². The standard InChI is InChI=1S/C22H21Cl2NO2/c1-2-26-25(15-17-7-4-3-5-8-17)16-18-9-6-10-19(13-18)27-20-11-12-21(23)22(24)14-20/h3-14H,2,15-16H2,1H3. The molecule has 0 unspecified atom stereocenters. The van der Waals surface area contributed by atoms with Crippen molar-refractivity contribution in [3.8, 4) is 11.5 Å². The van der Waals surface area contributed by atoms with Crippen LogP contribution in [0.5, 0.6) is 11.5 Å². The van der Waals surface area contributed by atoms with Gasteiger partial charge in [0.05, 0.1) is 16.7 Å². The van der Waals surface area contributed by atoms with Crippen molar-refractivity contribution >= 4 is 23.2 Å². The minimum Gasteiger partial charge on any atom is -0.457 e. The number of rotatable bonds is 8. The Morgan fingerprint density at radius 1 is 0.741 bits per heavy atom. The largest absolute Gasteiger partial charge is 0.457 e. The van der Waals surface area contributed by atoms with E-state index >= 15 is 0 Å². The Morgan fingerprint density at radius 3 is 2.19 bits per heavy atom. The lowest BCUT2D eigenvalue weighted by Crippen LogP contribution is -2.23. The van der Waals surface area contributed by atoms with E-state index in [-0.39, 0.29) is 0 Å². The third-order valence-electron chi connectivity index (χ3n) is 3.90. The summed E-state index contributed by atoms with van der Waals surface area (Å²) in [6.45, 7) is 3.97. The molecule has 0 saturated heterocycles. The van der Waals surface area contributed by atoms with E-state index < -0.39 is 0 Å². The van der Waals surface area contributed by atoms with E-state index in [1.54, 1.807) is 18.2 Å². The summed E-state index contributed by atoms with van der Waals surface area (Å²) in [6, 6.07) is 23.4. The fourth-order valence-electron chi connectivity index (χ4n) is 2.70. The molecule has 0 heterocycles. The molecule has 27 heavy (non-hydrogen) atoms. The molecule has 0 atom stereocenters. The summed E-state index contributed by atoms with van der Waals surface area (Å²) in [5.74, 6) is 1.38. The van der Waals surface area contributed by atoms with Crippen molar-refractivity contribution < 1.29 is 9.57 Å². The van der Waals surface area contributed by atoms with Gasteiger partial charge in [0.25, 0.3) is 0 Å². The molecular formula is C22H21Cl2NO2. The summed E-state index contributed by atoms with van der Waals surface area (Å²) < 4.78 is 5.91. The van der Waals surface area contributed by atoms with Gasteiger partial charge in [0.15, 0.2) is 0 Å². The van der Waals surface area contributed by atoms with Crippen molar-refractivity contribution in [3.63, 3.8) is 0 Å². The van der Waals surface area contributed by atoms with Gasteiger partial charge in [0, 0.05) is 19.2 Å². The molecule has 0 radical (unpaired) electrons. The number of halogens is 2. The third kappa shape index (κ3) is 5.98. The molecule has 140 valence electrons. The van der Waals surface area contributed by atoms with Crippen LogP contribution >= 0.6 is 23.2 Å². The average molecular weight is 402 g/mol. The minimum absolute atomic E-state index is 0.468. The Balaban J connectivity index is 1.70. The molecule has 0 fully saturated rings. The molecule has 3 nitrogen and oxygen atoms in total. The van der Waals surface area contributed by atoms with Crippen LogP contribution in [0, 0.1) is 0 Å². The van der Waals surface area contributed by atoms with Gasteiger partial charge in [-0.15, -0.1) is 0 Å². The minimum atomic E-state index is 0.468. The van der Waals surface area contributed by atoms with Crippen LogP contribution in [0.25, 0.3) is 0 Å². The van der Waals surface area contributed by atoms with Crippen LogP contribution < -0.4 is 4.74 Å². The summed E-state index contributed by atoms with van der Waals surface area (Å²) in [5.41, 5.74) is 2.30. The second kappa shape index (κ2) is 9.77. The highest BCUT2D eigenvalue weighted by atomic mass is 35.5. The van der Waals surface area contributed by atoms with Crippen molar-refractivity contribution in [2.24, 2.45) is 0 Å². The van der Waals surface area contributed by atoms with Gasteiger partial charge in [0.2, 0.25) is 0 Å². The molecule has 5 heteroatoms. The lowest BCUT2D eigenvalue weighted by Gasteiger charge is -2.21. The van der Waals surface area contributed by atoms with Crippen LogP contribution in [-0.2, 0) is 17.9 Å². The molecule has 0 aromatic heterocycles. The Hall–Kier alpha value is -2.04. The van der Waals surface area contributed by atoms with Gasteiger partial charge in [-0.2, -0.15) is 5.06 Å². The molecule has 0 bridgehead atoms. The van der Waals surface area contributed by atoms with Crippen molar-refractivity contribution in [1.82, 2.24) is 5.06 Å². The maximum atomic E-state index is 6.06. The molecule has 0 aliphatic rings. The van der Waals surface area contributed by atoms with E-state index in [0.29, 0.717) is 35.5 Å². The zero-order valence-electron chi connectivity index (χ0n) is 15.1. The number of ether oxygens (including phenoxy) is 1. The molecule has 0 N–H and O–H groups in total. The quantitative estimate of drug-likeness (QED) is 0.390. The van der Waals surface area contributed by atoms with Gasteiger partial charge in [-0.1, -0.05) is 65.7 Å². The van der Waals surface area contributed by atoms with E-state index in [0.717, 1.165) is 11.3 Å². The van der Waals surface area contributed by atoms with Gasteiger partial charge >= 0.3 is 0 Å². The molecule has 0 amide bonds. The molecular weight excluding hydrogens is 381 g/mol. The first kappa shape index (κ1) is 19.7. The van der Waals surface area contributed by atoms with Crippen molar-refractivity contribution in [1.29, 1.82) is 0 Å². The summed E-state index contributed by atoms with van der Waals surface area (Å²) in [7, 11) is 0. The van der Waals surface area contributed by atoms with Crippen LogP contribution in [0.15, 0.2) is 72.8 Å². The highest BCUT2D eigenvalue weighted by Crippen LogP contribution is 2.29. The summed E-state index contributed by atoms with van der Waals surface area (Å²) in [5, 5.41) is 2.93. The Bertz CT molecular complexity index is 871. The molecule has 0 aliphatic carbocycles. The van der Waals surface area contributed by atoms with Crippen molar-refractivity contribution in [3.05, 3.63) is 94.0 Å². The van der Waals surface area contributed by atoms with Crippen LogP contribution in [-0.4, -0.2) is 11.7 Å². The summed E-state index contributed by atoms with van der Waals surface area (Å²) in [4.78, 5) is 5.80. The third-order valence-corrected chi connectivity index (χ3v) is 4.64. The molecule has 3 aromatic carbocycles. The Labute approximate surface area is 170 Å². The van der Waals surface area contributed by atoms with Crippen LogP contribution in [0.3, 0.4) is 0 Å². The highest BCUT2D eigenvalue weighted by molar-refractivity contribution is 6.42. The Morgan fingerprint density at radius 2 is 1.44 bits per heavy atom. The van der Waals surface area contributed by atoms with Gasteiger partial charge < -0.3 is 4.74 Å². The smallest absolute Gasteiger partial charge is 0.129 e. The fraction of sp³-hybridized carbons (Fsp3) is 0.182. The Kier molecular flexibility index (Phi) is 7.13. The topological polar surface area (TPSA) is 21.7 Å². The number of hydroxylamine groups is 2. The van der Waals surface area contributed by atoms with E-state index in [1.807, 2.05) is 48.4 Å². The first-order valence-electron chi connectivity index (χ1n) is 8.77. The first-order chi connectivity index (χ1) is 13.1. The molecule has 3 rings (SSSR count). The number of nitrogens with zero attached hydrogens (tertiary/aromatic N) is 1. The number of benzene rings is 3. The molecule has 0 saturated carbocycles. The fourth-order valence-corrected chi connectivity index (χ4v) is 2.99. The second-order valence-corrected chi connectivity index (χ2v) is 6.84. The van der Waals surface area contributed by atoms with Gasteiger partial charge in [0.1, 0.15) is 11.5 Å². The second-order valence-electron chi connectivity index (χ2n) is 6.03. The lowest BCUT2D eigenvalue weighted by atomic mass is 10.2. The summed E-state index contributed by atoms with van der Waals surface area (Å²) >= 11 is 12.0. The van der Waals surface area contributed by atoms with Crippen molar-refractivity contribution in [2.75, 3.05) is 6.61 Å². The zero-order chi connectivity index (χ0) is 19.1. The molecule has 3 aromatic rings. The monoisotopic (exact) mass is 401 g/mol. The maximum Gasteiger partial charge on any atom is 0.129 e. The maximum absolute atomic E-state index is 6.06. The van der Waals surface area contributed by atoms with E-state index in [1.165, 1.54) is 5.56 Å². The van der Waals surface area contributed by atoms with Crippen molar-refractivity contribution in [2.45, 2.75) is 20.0 Å². The number of hydrogen-bond donors (Lipinski definition) is 0. The predicted octanol–water partition coefficient (Wildman–Crippen LogP) is 6.74. The SMILES string of the molecule is CCON(Cc1ccccc1)Cc1cccc(Oc2ccc(Cl)c(Cl)c2)c1. The van der Waals surface area contributed by atoms with E-state index in [9.17, 15) is 0 Å². The average Bonchev–Trinajstić information content (AvgIpc) is 2.66. The zero-order valence-corrected chi connectivity index (χ0v) is 16.6. The van der Waals surface area contributed by atoms with E-state index in [2.05, 4.69) is 18.2 Å². The van der Waals surface area contributed by atoms with Gasteiger partial charge in [-0.25, -0.2) is 0 Å². The van der Waals surface area contributed by atoms with Crippen LogP contribution in [0.4, 0.5) is 0 Å². The van der Waals surface area contributed by atoms with Crippen LogP contribution in [0.1, 0.15) is 18.1 Å². The first-order valence-corrected chi connectivity index (χ1v) is 9.53. The predicted molar refractivity (Wildman–Crippen MR) is 110 cm³/mol.